The molecule has 0 saturated heterocycles. The quantitative estimate of drug-likeness (QED) is 0.784. The van der Waals surface area contributed by atoms with Gasteiger partial charge in [-0.25, -0.2) is 4.99 Å². The summed E-state index contributed by atoms with van der Waals surface area (Å²) in [6, 6.07) is 11.1. The molecule has 0 aliphatic heterocycles. The number of aliphatic hydroxyl groups is 1. The zero-order valence-corrected chi connectivity index (χ0v) is 17.7. The highest BCUT2D eigenvalue weighted by atomic mass is 16.5. The van der Waals surface area contributed by atoms with Crippen molar-refractivity contribution in [3.05, 3.63) is 47.5 Å². The standard InChI is InChI=1S/C23H25NO6/c1-13(25)24-22-18(26)12-17(14-6-8-16(27-2)9-7-14)21(22)15-10-19(28-3)23(30-5)20(11-15)29-4/h6-11,18,26H,12H2,1-5H3. The van der Waals surface area contributed by atoms with E-state index < -0.39 is 6.10 Å². The highest BCUT2D eigenvalue weighted by Crippen LogP contribution is 2.45. The van der Waals surface area contributed by atoms with Crippen molar-refractivity contribution in [3.8, 4) is 23.0 Å². The predicted molar refractivity (Wildman–Crippen MR) is 115 cm³/mol. The van der Waals surface area contributed by atoms with E-state index in [1.165, 1.54) is 28.3 Å². The van der Waals surface area contributed by atoms with Crippen molar-refractivity contribution in [1.29, 1.82) is 0 Å². The predicted octanol–water partition coefficient (Wildman–Crippen LogP) is 3.38. The molecule has 1 aliphatic rings. The highest BCUT2D eigenvalue weighted by Gasteiger charge is 2.33. The fourth-order valence-corrected chi connectivity index (χ4v) is 3.62. The van der Waals surface area contributed by atoms with E-state index in [9.17, 15) is 9.90 Å². The normalized spacial score (nSPS) is 17.3. The minimum absolute atomic E-state index is 0.322. The van der Waals surface area contributed by atoms with Crippen molar-refractivity contribution in [3.63, 3.8) is 0 Å². The molecule has 7 nitrogen and oxygen atoms in total. The second kappa shape index (κ2) is 9.00. The molecule has 0 spiro atoms. The molecule has 1 N–H and O–H groups in total. The largest absolute Gasteiger partial charge is 0.497 e. The first-order chi connectivity index (χ1) is 14.4. The Kier molecular flexibility index (Phi) is 6.42. The van der Waals surface area contributed by atoms with Crippen molar-refractivity contribution in [2.75, 3.05) is 28.4 Å². The van der Waals surface area contributed by atoms with Crippen molar-refractivity contribution in [2.24, 2.45) is 4.99 Å². The molecule has 0 saturated carbocycles. The van der Waals surface area contributed by atoms with Crippen molar-refractivity contribution >= 4 is 22.8 Å². The fraction of sp³-hybridized carbons (Fsp3) is 0.304. The van der Waals surface area contributed by atoms with Gasteiger partial charge < -0.3 is 24.1 Å². The smallest absolute Gasteiger partial charge is 0.242 e. The van der Waals surface area contributed by atoms with Crippen molar-refractivity contribution < 1.29 is 28.8 Å². The molecule has 2 aromatic rings. The first-order valence-electron chi connectivity index (χ1n) is 9.39. The number of amides is 1. The highest BCUT2D eigenvalue weighted by molar-refractivity contribution is 6.37. The lowest BCUT2D eigenvalue weighted by Gasteiger charge is -2.16. The summed E-state index contributed by atoms with van der Waals surface area (Å²) < 4.78 is 21.6. The maximum absolute atomic E-state index is 11.8. The number of ether oxygens (including phenoxy) is 4. The Morgan fingerprint density at radius 2 is 1.53 bits per heavy atom. The molecular formula is C23H25NO6. The van der Waals surface area contributed by atoms with Gasteiger partial charge >= 0.3 is 0 Å². The number of rotatable bonds is 6. The van der Waals surface area contributed by atoms with E-state index in [1.807, 2.05) is 24.3 Å². The number of benzene rings is 2. The van der Waals surface area contributed by atoms with Crippen LogP contribution in [0.3, 0.4) is 0 Å². The molecule has 1 unspecified atom stereocenters. The molecule has 0 heterocycles. The molecule has 1 atom stereocenters. The first-order valence-corrected chi connectivity index (χ1v) is 9.39. The van der Waals surface area contributed by atoms with Gasteiger partial charge in [0.05, 0.1) is 34.2 Å². The fourth-order valence-electron chi connectivity index (χ4n) is 3.62. The van der Waals surface area contributed by atoms with E-state index in [4.69, 9.17) is 18.9 Å². The number of carbonyl (C=O) groups is 1. The third-order valence-corrected chi connectivity index (χ3v) is 4.94. The van der Waals surface area contributed by atoms with Gasteiger partial charge in [0, 0.05) is 18.9 Å². The van der Waals surface area contributed by atoms with Crippen LogP contribution < -0.4 is 18.9 Å². The minimum Gasteiger partial charge on any atom is -0.497 e. The van der Waals surface area contributed by atoms with Crippen LogP contribution >= 0.6 is 0 Å². The van der Waals surface area contributed by atoms with Crippen LogP contribution in [-0.2, 0) is 4.79 Å². The van der Waals surface area contributed by atoms with Crippen molar-refractivity contribution in [1.82, 2.24) is 0 Å². The lowest BCUT2D eigenvalue weighted by Crippen LogP contribution is -2.17. The summed E-state index contributed by atoms with van der Waals surface area (Å²) in [5.74, 6) is 1.74. The third-order valence-electron chi connectivity index (χ3n) is 4.94. The third kappa shape index (κ3) is 4.02. The van der Waals surface area contributed by atoms with Crippen LogP contribution in [-0.4, -0.2) is 51.3 Å². The number of carbonyl (C=O) groups excluding carboxylic acids is 1. The Balaban J connectivity index is 2.29. The molecule has 0 radical (unpaired) electrons. The van der Waals surface area contributed by atoms with Gasteiger partial charge in [-0.1, -0.05) is 12.1 Å². The number of methoxy groups -OCH3 is 4. The SMILES string of the molecule is COc1ccc(C2=C(c3cc(OC)c(OC)c(OC)c3)C(=NC(C)=O)C(O)C2)cc1. The van der Waals surface area contributed by atoms with Crippen LogP contribution in [0.1, 0.15) is 24.5 Å². The van der Waals surface area contributed by atoms with E-state index in [-0.39, 0.29) is 5.91 Å². The lowest BCUT2D eigenvalue weighted by atomic mass is 9.95. The molecule has 1 aliphatic carbocycles. The Labute approximate surface area is 175 Å². The summed E-state index contributed by atoms with van der Waals surface area (Å²) in [5, 5.41) is 10.7. The van der Waals surface area contributed by atoms with Gasteiger partial charge in [-0.3, -0.25) is 4.79 Å². The molecule has 0 aromatic heterocycles. The van der Waals surface area contributed by atoms with E-state index in [1.54, 1.807) is 19.2 Å². The van der Waals surface area contributed by atoms with Gasteiger partial charge in [0.25, 0.3) is 0 Å². The zero-order chi connectivity index (χ0) is 21.8. The Morgan fingerprint density at radius 1 is 0.933 bits per heavy atom. The summed E-state index contributed by atoms with van der Waals surface area (Å²) >= 11 is 0. The topological polar surface area (TPSA) is 86.6 Å². The molecular weight excluding hydrogens is 386 g/mol. The van der Waals surface area contributed by atoms with Crippen LogP contribution in [0.2, 0.25) is 0 Å². The van der Waals surface area contributed by atoms with Gasteiger partial charge in [0.15, 0.2) is 11.5 Å². The number of hydrogen-bond acceptors (Lipinski definition) is 6. The van der Waals surface area contributed by atoms with Crippen LogP contribution in [0.4, 0.5) is 0 Å². The molecule has 2 aromatic carbocycles. The summed E-state index contributed by atoms with van der Waals surface area (Å²) in [6.07, 6.45) is -0.579. The van der Waals surface area contributed by atoms with E-state index in [0.29, 0.717) is 40.5 Å². The molecule has 3 rings (SSSR count). The van der Waals surface area contributed by atoms with Crippen LogP contribution in [0.5, 0.6) is 23.0 Å². The maximum atomic E-state index is 11.8. The zero-order valence-electron chi connectivity index (χ0n) is 17.7. The van der Waals surface area contributed by atoms with Crippen LogP contribution in [0, 0.1) is 0 Å². The number of nitrogens with zero attached hydrogens (tertiary/aromatic N) is 1. The van der Waals surface area contributed by atoms with E-state index in [0.717, 1.165) is 16.9 Å². The Hall–Kier alpha value is -3.32. The summed E-state index contributed by atoms with van der Waals surface area (Å²) in [6.45, 7) is 1.36. The maximum Gasteiger partial charge on any atom is 0.242 e. The Morgan fingerprint density at radius 3 is 2.00 bits per heavy atom. The molecule has 7 heteroatoms. The van der Waals surface area contributed by atoms with Gasteiger partial charge in [0.1, 0.15) is 11.9 Å². The average molecular weight is 411 g/mol. The van der Waals surface area contributed by atoms with Gasteiger partial charge in [-0.15, -0.1) is 0 Å². The first kappa shape index (κ1) is 21.4. The van der Waals surface area contributed by atoms with Gasteiger partial charge in [-0.05, 0) is 41.0 Å². The number of hydrogen-bond donors (Lipinski definition) is 1. The van der Waals surface area contributed by atoms with Crippen LogP contribution in [0.15, 0.2) is 41.4 Å². The van der Waals surface area contributed by atoms with E-state index in [2.05, 4.69) is 4.99 Å². The summed E-state index contributed by atoms with van der Waals surface area (Å²) in [4.78, 5) is 15.9. The lowest BCUT2D eigenvalue weighted by molar-refractivity contribution is -0.115. The Bertz CT molecular complexity index is 982. The molecule has 0 fully saturated rings. The van der Waals surface area contributed by atoms with Gasteiger partial charge in [0.2, 0.25) is 11.7 Å². The summed E-state index contributed by atoms with van der Waals surface area (Å²) in [7, 11) is 6.21. The van der Waals surface area contributed by atoms with E-state index >= 15 is 0 Å². The summed E-state index contributed by atoms with van der Waals surface area (Å²) in [5.41, 5.74) is 3.45. The van der Waals surface area contributed by atoms with Gasteiger partial charge in [-0.2, -0.15) is 0 Å². The van der Waals surface area contributed by atoms with Crippen molar-refractivity contribution in [2.45, 2.75) is 19.4 Å². The van der Waals surface area contributed by atoms with Crippen LogP contribution in [0.25, 0.3) is 11.1 Å². The molecule has 158 valence electrons. The number of aliphatic hydroxyl groups excluding tert-OH is 1. The second-order valence-electron chi connectivity index (χ2n) is 6.73. The molecule has 1 amide bonds. The average Bonchev–Trinajstić information content (AvgIpc) is 3.08. The monoisotopic (exact) mass is 411 g/mol. The minimum atomic E-state index is -0.903. The second-order valence-corrected chi connectivity index (χ2v) is 6.73. The number of aliphatic imine (C=N–C) groups is 1. The molecule has 0 bridgehead atoms. The molecule has 30 heavy (non-hydrogen) atoms.